The summed E-state index contributed by atoms with van der Waals surface area (Å²) in [6, 6.07) is 8.76. The van der Waals surface area contributed by atoms with Crippen molar-refractivity contribution in [1.29, 1.82) is 0 Å². The molecule has 1 fully saturated rings. The fraction of sp³-hybridized carbons (Fsp3) is 0.538. The lowest BCUT2D eigenvalue weighted by Gasteiger charge is -2.32. The molecule has 2 rings (SSSR count). The normalized spacial score (nSPS) is 19.7. The Bertz CT molecular complexity index is 483. The van der Waals surface area contributed by atoms with Crippen LogP contribution in [0.2, 0.25) is 0 Å². The molecular weight excluding hydrogens is 284 g/mol. The van der Waals surface area contributed by atoms with E-state index in [9.17, 15) is 8.42 Å². The number of hydrogen-bond acceptors (Lipinski definition) is 3. The summed E-state index contributed by atoms with van der Waals surface area (Å²) in [4.78, 5) is 0.379. The van der Waals surface area contributed by atoms with Gasteiger partial charge >= 0.3 is 0 Å². The number of sulfonamides is 1. The van der Waals surface area contributed by atoms with Crippen molar-refractivity contribution in [3.8, 4) is 0 Å². The highest BCUT2D eigenvalue weighted by atomic mass is 35.5. The summed E-state index contributed by atoms with van der Waals surface area (Å²) in [5.41, 5.74) is 5.86. The molecule has 6 heteroatoms. The van der Waals surface area contributed by atoms with E-state index >= 15 is 0 Å². The fourth-order valence-electron chi connectivity index (χ4n) is 2.38. The van der Waals surface area contributed by atoms with Crippen LogP contribution < -0.4 is 5.73 Å². The van der Waals surface area contributed by atoms with Gasteiger partial charge < -0.3 is 5.73 Å². The molecule has 1 aliphatic rings. The smallest absolute Gasteiger partial charge is 0.243 e. The van der Waals surface area contributed by atoms with E-state index in [1.54, 1.807) is 28.6 Å². The van der Waals surface area contributed by atoms with Crippen molar-refractivity contribution in [2.75, 3.05) is 13.1 Å². The Hall–Kier alpha value is -0.620. The van der Waals surface area contributed by atoms with E-state index in [1.807, 2.05) is 13.0 Å². The highest BCUT2D eigenvalue weighted by Gasteiger charge is 2.30. The number of benzene rings is 1. The van der Waals surface area contributed by atoms with E-state index in [0.717, 1.165) is 12.8 Å². The van der Waals surface area contributed by atoms with Crippen molar-refractivity contribution < 1.29 is 8.42 Å². The standard InChI is InChI=1S/C13H20N2O2S.ClH/c1-11(14)12-7-9-15(10-8-12)18(16,17)13-5-3-2-4-6-13;/h2-6,11-12H,7-10,14H2,1H3;1H. The lowest BCUT2D eigenvalue weighted by atomic mass is 9.92. The van der Waals surface area contributed by atoms with Gasteiger partial charge in [0.15, 0.2) is 0 Å². The molecule has 1 aliphatic heterocycles. The first-order chi connectivity index (χ1) is 8.51. The van der Waals surface area contributed by atoms with E-state index in [-0.39, 0.29) is 18.4 Å². The lowest BCUT2D eigenvalue weighted by molar-refractivity contribution is 0.250. The molecule has 0 aliphatic carbocycles. The zero-order chi connectivity index (χ0) is 13.2. The van der Waals surface area contributed by atoms with Gasteiger partial charge in [-0.05, 0) is 37.8 Å². The van der Waals surface area contributed by atoms with Gasteiger partial charge in [0.2, 0.25) is 10.0 Å². The maximum atomic E-state index is 12.4. The molecule has 1 aromatic rings. The summed E-state index contributed by atoms with van der Waals surface area (Å²) in [6.07, 6.45) is 1.70. The van der Waals surface area contributed by atoms with Gasteiger partial charge in [0, 0.05) is 19.1 Å². The third-order valence-electron chi connectivity index (χ3n) is 3.62. The van der Waals surface area contributed by atoms with Gasteiger partial charge in [0.1, 0.15) is 0 Å². The molecule has 0 amide bonds. The summed E-state index contributed by atoms with van der Waals surface area (Å²) in [6.45, 7) is 3.14. The van der Waals surface area contributed by atoms with E-state index in [1.165, 1.54) is 0 Å². The summed E-state index contributed by atoms with van der Waals surface area (Å²) >= 11 is 0. The van der Waals surface area contributed by atoms with Crippen molar-refractivity contribution in [2.24, 2.45) is 11.7 Å². The number of nitrogens with zero attached hydrogens (tertiary/aromatic N) is 1. The average Bonchev–Trinajstić information content (AvgIpc) is 2.40. The summed E-state index contributed by atoms with van der Waals surface area (Å²) in [5.74, 6) is 0.437. The Morgan fingerprint density at radius 2 is 1.74 bits per heavy atom. The number of hydrogen-bond donors (Lipinski definition) is 1. The third-order valence-corrected chi connectivity index (χ3v) is 5.54. The lowest BCUT2D eigenvalue weighted by Crippen LogP contribution is -2.42. The van der Waals surface area contributed by atoms with Crippen LogP contribution in [0.4, 0.5) is 0 Å². The highest BCUT2D eigenvalue weighted by Crippen LogP contribution is 2.24. The fourth-order valence-corrected chi connectivity index (χ4v) is 3.87. The molecular formula is C13H21ClN2O2S. The molecule has 0 aromatic heterocycles. The first-order valence-corrected chi connectivity index (χ1v) is 7.76. The van der Waals surface area contributed by atoms with Crippen LogP contribution in [0, 0.1) is 5.92 Å². The molecule has 0 bridgehead atoms. The second-order valence-corrected chi connectivity index (χ2v) is 6.85. The Morgan fingerprint density at radius 1 is 1.21 bits per heavy atom. The van der Waals surface area contributed by atoms with Crippen molar-refractivity contribution in [3.05, 3.63) is 30.3 Å². The number of piperidine rings is 1. The minimum absolute atomic E-state index is 0. The molecule has 4 nitrogen and oxygen atoms in total. The minimum atomic E-state index is -3.32. The molecule has 0 spiro atoms. The second kappa shape index (κ2) is 6.70. The molecule has 1 aromatic carbocycles. The molecule has 0 saturated carbocycles. The summed E-state index contributed by atoms with van der Waals surface area (Å²) in [7, 11) is -3.32. The van der Waals surface area contributed by atoms with Crippen LogP contribution in [-0.2, 0) is 10.0 Å². The van der Waals surface area contributed by atoms with Crippen molar-refractivity contribution >= 4 is 22.4 Å². The van der Waals surface area contributed by atoms with Crippen LogP contribution in [0.25, 0.3) is 0 Å². The van der Waals surface area contributed by atoms with E-state index in [0.29, 0.717) is 23.9 Å². The van der Waals surface area contributed by atoms with Gasteiger partial charge in [-0.3, -0.25) is 0 Å². The van der Waals surface area contributed by atoms with E-state index < -0.39 is 10.0 Å². The molecule has 1 unspecified atom stereocenters. The van der Waals surface area contributed by atoms with Crippen LogP contribution in [0.1, 0.15) is 19.8 Å². The van der Waals surface area contributed by atoms with Crippen LogP contribution in [0.15, 0.2) is 35.2 Å². The Balaban J connectivity index is 0.00000180. The van der Waals surface area contributed by atoms with Gasteiger partial charge in [-0.1, -0.05) is 18.2 Å². The first-order valence-electron chi connectivity index (χ1n) is 6.32. The quantitative estimate of drug-likeness (QED) is 0.927. The molecule has 1 saturated heterocycles. The molecule has 1 atom stereocenters. The Kier molecular flexibility index (Phi) is 5.80. The first kappa shape index (κ1) is 16.4. The topological polar surface area (TPSA) is 63.4 Å². The molecule has 0 radical (unpaired) electrons. The predicted octanol–water partition coefficient (Wildman–Crippen LogP) is 1.86. The van der Waals surface area contributed by atoms with Crippen molar-refractivity contribution in [2.45, 2.75) is 30.7 Å². The van der Waals surface area contributed by atoms with Crippen LogP contribution in [0.3, 0.4) is 0 Å². The third kappa shape index (κ3) is 3.69. The van der Waals surface area contributed by atoms with Crippen LogP contribution in [-0.4, -0.2) is 31.9 Å². The van der Waals surface area contributed by atoms with E-state index in [2.05, 4.69) is 0 Å². The largest absolute Gasteiger partial charge is 0.328 e. The molecule has 19 heavy (non-hydrogen) atoms. The maximum absolute atomic E-state index is 12.4. The number of halogens is 1. The van der Waals surface area contributed by atoms with Gasteiger partial charge in [0.05, 0.1) is 4.90 Å². The summed E-state index contributed by atoms with van der Waals surface area (Å²) in [5, 5.41) is 0. The molecule has 2 N–H and O–H groups in total. The molecule has 1 heterocycles. The van der Waals surface area contributed by atoms with Gasteiger partial charge in [0.25, 0.3) is 0 Å². The monoisotopic (exact) mass is 304 g/mol. The summed E-state index contributed by atoms with van der Waals surface area (Å²) < 4.78 is 26.3. The van der Waals surface area contributed by atoms with E-state index in [4.69, 9.17) is 5.73 Å². The van der Waals surface area contributed by atoms with Crippen LogP contribution >= 0.6 is 12.4 Å². The van der Waals surface area contributed by atoms with Gasteiger partial charge in [-0.2, -0.15) is 4.31 Å². The minimum Gasteiger partial charge on any atom is -0.328 e. The number of nitrogens with two attached hydrogens (primary N) is 1. The van der Waals surface area contributed by atoms with Gasteiger partial charge in [-0.25, -0.2) is 8.42 Å². The second-order valence-electron chi connectivity index (χ2n) is 4.91. The molecule has 108 valence electrons. The van der Waals surface area contributed by atoms with Crippen molar-refractivity contribution in [1.82, 2.24) is 4.31 Å². The highest BCUT2D eigenvalue weighted by molar-refractivity contribution is 7.89. The zero-order valence-corrected chi connectivity index (χ0v) is 12.7. The maximum Gasteiger partial charge on any atom is 0.243 e. The average molecular weight is 305 g/mol. The predicted molar refractivity (Wildman–Crippen MR) is 78.8 cm³/mol. The SMILES string of the molecule is CC(N)C1CCN(S(=O)(=O)c2ccccc2)CC1.Cl. The Morgan fingerprint density at radius 3 is 2.21 bits per heavy atom. The zero-order valence-electron chi connectivity index (χ0n) is 11.0. The Labute approximate surface area is 121 Å². The van der Waals surface area contributed by atoms with Gasteiger partial charge in [-0.15, -0.1) is 12.4 Å². The van der Waals surface area contributed by atoms with Crippen LogP contribution in [0.5, 0.6) is 0 Å². The number of rotatable bonds is 3. The van der Waals surface area contributed by atoms with Crippen molar-refractivity contribution in [3.63, 3.8) is 0 Å².